The highest BCUT2D eigenvalue weighted by Gasteiger charge is 2.28. The van der Waals surface area contributed by atoms with Crippen molar-refractivity contribution in [3.63, 3.8) is 0 Å². The summed E-state index contributed by atoms with van der Waals surface area (Å²) < 4.78 is 23.9. The topological polar surface area (TPSA) is 64.9 Å². The van der Waals surface area contributed by atoms with Crippen LogP contribution in [0.15, 0.2) is 361 Å². The van der Waals surface area contributed by atoms with Gasteiger partial charge in [0.25, 0.3) is 0 Å². The molecule has 0 bridgehead atoms. The molecular weight excluding hydrogens is 1500 g/mol. The van der Waals surface area contributed by atoms with E-state index in [1.54, 1.807) is 0 Å². The maximum atomic E-state index is 6.32. The van der Waals surface area contributed by atoms with Gasteiger partial charge in [0, 0.05) is 74.7 Å². The highest BCUT2D eigenvalue weighted by atomic mass is 127. The number of rotatable bonds is 7. The lowest BCUT2D eigenvalue weighted by Gasteiger charge is -2.33. The van der Waals surface area contributed by atoms with Gasteiger partial charge >= 0.3 is 0 Å². The standard InChI is InChI=1S/C52H34N4O.C18H12BrNO.C13H10O.C6H4BrI.CH4.B.2H2/c1-3-15-35(16-4-1)44-34-45(36-17-5-2-6-18-36)54-52(53-44)39-20-13-19-37(31-39)38-29-30-47-43(32-38)42-23-7-8-24-46(42)55(47)40-21-14-22-41(33-40)56-48-25-9-11-27-50(48)57-51-28-12-10-26-49(51)56;19-13-6-5-7-14(12-13)20-15-8-1-3-10-17(15)21-18-11-4-2-9-16(18)20;1-3-7-12-10(5-1)9-11-6-2-4-8-13(11)14-12;7-5-2-1-3-6(8)4-5;;;;/h1-34H;1-12H;1-8H,9H2;1-4H;1H4;;2*1H. The number of aromatic nitrogens is 3. The predicted molar refractivity (Wildman–Crippen MR) is 441 cm³/mol. The van der Waals surface area contributed by atoms with E-state index >= 15 is 0 Å². The summed E-state index contributed by atoms with van der Waals surface area (Å²) in [5, 5.41) is 2.39. The Morgan fingerprint density at radius 2 is 0.716 bits per heavy atom. The molecular formula is C90H68BBr2IN5O3. The van der Waals surface area contributed by atoms with Crippen molar-refractivity contribution < 1.29 is 17.1 Å². The normalized spacial score (nSPS) is 11.7. The number of para-hydroxylation sites is 11. The predicted octanol–water partition coefficient (Wildman–Crippen LogP) is 27.0. The first-order chi connectivity index (χ1) is 49.3. The molecule has 12 heteroatoms. The van der Waals surface area contributed by atoms with Crippen LogP contribution in [0, 0.1) is 3.57 Å². The zero-order valence-electron chi connectivity index (χ0n) is 54.4. The van der Waals surface area contributed by atoms with Crippen LogP contribution in [-0.2, 0) is 6.42 Å². The zero-order chi connectivity index (χ0) is 67.3. The Morgan fingerprint density at radius 3 is 1.25 bits per heavy atom. The van der Waals surface area contributed by atoms with E-state index in [0.29, 0.717) is 5.82 Å². The van der Waals surface area contributed by atoms with Gasteiger partial charge < -0.3 is 28.6 Å². The lowest BCUT2D eigenvalue weighted by Crippen LogP contribution is -2.15. The third kappa shape index (κ3) is 14.3. The van der Waals surface area contributed by atoms with E-state index < -0.39 is 0 Å². The van der Waals surface area contributed by atoms with Crippen LogP contribution >= 0.6 is 54.5 Å². The SMILES string of the molecule is Brc1cccc(I)c1.Brc1cccc(N2c3ccccc3Oc3ccccc32)c1.C.[B].[HH].[HH].c1ccc(-c2cc(-c3ccccc3)nc(-c3cccc(-c4ccc5c(c4)c4ccccc4n5-c4cccc(N5c6ccccc6Oc6ccccc65)c4)c3)n2)cc1.c1ccc2c(c1)Cc1ccccc1O2. The molecule has 0 unspecified atom stereocenters. The molecule has 0 spiro atoms. The minimum absolute atomic E-state index is 0. The maximum absolute atomic E-state index is 6.32. The van der Waals surface area contributed by atoms with Gasteiger partial charge in [-0.15, -0.1) is 0 Å². The van der Waals surface area contributed by atoms with E-state index in [2.05, 4.69) is 275 Å². The van der Waals surface area contributed by atoms with Crippen molar-refractivity contribution in [2.45, 2.75) is 13.8 Å². The number of fused-ring (bicyclic) bond motifs is 9. The van der Waals surface area contributed by atoms with Crippen LogP contribution < -0.4 is 24.0 Å². The van der Waals surface area contributed by atoms with Crippen molar-refractivity contribution in [1.82, 2.24) is 14.5 Å². The van der Waals surface area contributed by atoms with Gasteiger partial charge in [0.15, 0.2) is 28.8 Å². The number of nitrogens with zero attached hydrogens (tertiary/aromatic N) is 5. The molecule has 3 aliphatic rings. The number of halogens is 3. The molecule has 0 N–H and O–H groups in total. The van der Waals surface area contributed by atoms with Crippen molar-refractivity contribution >= 4 is 119 Å². The Bertz CT molecular complexity index is 5440. The zero-order valence-corrected chi connectivity index (χ0v) is 59.7. The van der Waals surface area contributed by atoms with E-state index in [9.17, 15) is 0 Å². The highest BCUT2D eigenvalue weighted by molar-refractivity contribution is 14.1. The molecule has 2 aromatic heterocycles. The number of hydrogen-bond acceptors (Lipinski definition) is 7. The Morgan fingerprint density at radius 1 is 0.314 bits per heavy atom. The van der Waals surface area contributed by atoms with E-state index in [1.807, 2.05) is 146 Å². The van der Waals surface area contributed by atoms with E-state index in [1.165, 1.54) is 25.5 Å². The second kappa shape index (κ2) is 30.7. The molecule has 5 heterocycles. The van der Waals surface area contributed by atoms with Crippen molar-refractivity contribution in [2.75, 3.05) is 9.80 Å². The molecule has 102 heavy (non-hydrogen) atoms. The summed E-state index contributed by atoms with van der Waals surface area (Å²) in [6, 6.07) is 121. The Hall–Kier alpha value is -11.3. The molecule has 16 aromatic rings. The maximum Gasteiger partial charge on any atom is 0.160 e. The summed E-state index contributed by atoms with van der Waals surface area (Å²) in [6.07, 6.45) is 0.979. The van der Waals surface area contributed by atoms with Crippen molar-refractivity contribution in [3.05, 3.63) is 375 Å². The van der Waals surface area contributed by atoms with Crippen LogP contribution in [0.4, 0.5) is 34.1 Å². The van der Waals surface area contributed by atoms with Crippen molar-refractivity contribution in [1.29, 1.82) is 0 Å². The second-order valence-corrected chi connectivity index (χ2v) is 27.1. The van der Waals surface area contributed by atoms with Gasteiger partial charge in [0.1, 0.15) is 11.5 Å². The lowest BCUT2D eigenvalue weighted by atomic mass is 10.00. The molecule has 0 saturated heterocycles. The third-order valence-electron chi connectivity index (χ3n) is 17.6. The Balaban J connectivity index is 0.000000175. The lowest BCUT2D eigenvalue weighted by molar-refractivity contribution is 0.460. The van der Waals surface area contributed by atoms with E-state index in [-0.39, 0.29) is 18.7 Å². The molecule has 3 aliphatic heterocycles. The van der Waals surface area contributed by atoms with Crippen molar-refractivity contribution in [2.24, 2.45) is 0 Å². The van der Waals surface area contributed by atoms with Gasteiger partial charge in [-0.2, -0.15) is 0 Å². The third-order valence-corrected chi connectivity index (χ3v) is 19.3. The summed E-state index contributed by atoms with van der Waals surface area (Å²) in [4.78, 5) is 14.7. The fraction of sp³-hybridized carbons (Fsp3) is 0.0222. The smallest absolute Gasteiger partial charge is 0.160 e. The fourth-order valence-corrected chi connectivity index (χ4v) is 14.8. The van der Waals surface area contributed by atoms with Gasteiger partial charge in [-0.25, -0.2) is 9.97 Å². The minimum Gasteiger partial charge on any atom is -0.457 e. The molecule has 19 rings (SSSR count). The molecule has 0 fully saturated rings. The minimum atomic E-state index is 0. The molecule has 8 nitrogen and oxygen atoms in total. The van der Waals surface area contributed by atoms with Crippen LogP contribution in [0.3, 0.4) is 0 Å². The van der Waals surface area contributed by atoms with Gasteiger partial charge in [-0.05, 0) is 190 Å². The molecule has 0 aliphatic carbocycles. The van der Waals surface area contributed by atoms with Gasteiger partial charge in [-0.1, -0.05) is 246 Å². The molecule has 0 atom stereocenters. The van der Waals surface area contributed by atoms with E-state index in [4.69, 9.17) is 24.2 Å². The summed E-state index contributed by atoms with van der Waals surface area (Å²) >= 11 is 9.18. The largest absolute Gasteiger partial charge is 0.457 e. The molecule has 14 aromatic carbocycles. The van der Waals surface area contributed by atoms with Gasteiger partial charge in [0.05, 0.1) is 45.2 Å². The van der Waals surface area contributed by atoms with Crippen LogP contribution in [0.25, 0.3) is 72.5 Å². The Kier molecular flexibility index (Phi) is 20.4. The summed E-state index contributed by atoms with van der Waals surface area (Å²) in [7, 11) is 0. The molecule has 3 radical (unpaired) electrons. The first-order valence-electron chi connectivity index (χ1n) is 32.9. The van der Waals surface area contributed by atoms with Crippen molar-refractivity contribution in [3.8, 4) is 85.2 Å². The summed E-state index contributed by atoms with van der Waals surface area (Å²) in [6.45, 7) is 0. The first-order valence-corrected chi connectivity index (χ1v) is 35.5. The van der Waals surface area contributed by atoms with Crippen LogP contribution in [0.2, 0.25) is 0 Å². The quantitative estimate of drug-likeness (QED) is 0.116. The fourth-order valence-electron chi connectivity index (χ4n) is 13.0. The van der Waals surface area contributed by atoms with Gasteiger partial charge in [-0.3, -0.25) is 0 Å². The number of hydrogen-bond donors (Lipinski definition) is 0. The molecule has 0 amide bonds. The first kappa shape index (κ1) is 67.9. The second-order valence-electron chi connectivity index (χ2n) is 24.0. The van der Waals surface area contributed by atoms with Crippen LogP contribution in [0.5, 0.6) is 34.5 Å². The van der Waals surface area contributed by atoms with E-state index in [0.717, 1.165) is 140 Å². The number of ether oxygens (including phenoxy) is 3. The number of anilines is 6. The van der Waals surface area contributed by atoms with Crippen LogP contribution in [0.1, 0.15) is 21.4 Å². The highest BCUT2D eigenvalue weighted by Crippen LogP contribution is 2.52. The molecule has 0 saturated carbocycles. The average molecular weight is 1570 g/mol. The summed E-state index contributed by atoms with van der Waals surface area (Å²) in [5.41, 5.74) is 19.3. The monoisotopic (exact) mass is 1560 g/mol. The number of benzene rings is 14. The summed E-state index contributed by atoms with van der Waals surface area (Å²) in [5.74, 6) is 6.09. The average Bonchev–Trinajstić information content (AvgIpc) is 1.48. The molecule has 495 valence electrons. The van der Waals surface area contributed by atoms with Gasteiger partial charge in [0.2, 0.25) is 0 Å². The Labute approximate surface area is 629 Å². The van der Waals surface area contributed by atoms with Crippen LogP contribution in [-0.4, -0.2) is 22.9 Å².